The number of hydrazine groups is 1. The molecule has 108 valence electrons. The van der Waals surface area contributed by atoms with Gasteiger partial charge in [0.2, 0.25) is 5.91 Å². The molecule has 1 aromatic rings. The minimum atomic E-state index is -0.513. The Morgan fingerprint density at radius 1 is 1.10 bits per heavy atom. The molecule has 0 heterocycles. The summed E-state index contributed by atoms with van der Waals surface area (Å²) >= 11 is 5.70. The van der Waals surface area contributed by atoms with E-state index in [1.165, 1.54) is 0 Å². The van der Waals surface area contributed by atoms with Crippen LogP contribution in [0.15, 0.2) is 24.3 Å². The van der Waals surface area contributed by atoms with Gasteiger partial charge in [-0.15, -0.1) is 0 Å². The van der Waals surface area contributed by atoms with Crippen molar-refractivity contribution in [1.82, 2.24) is 16.2 Å². The third kappa shape index (κ3) is 5.27. The standard InChI is InChI=1S/C13H16ClN3O3/c1-8(2)12(19)17-16-11(18)7-15-13(20)9-3-5-10(14)6-4-9/h3-6,8H,7H2,1-2H3,(H,15,20)(H,16,18)(H,17,19). The van der Waals surface area contributed by atoms with Crippen LogP contribution < -0.4 is 16.2 Å². The SMILES string of the molecule is CC(C)C(=O)NNC(=O)CNC(=O)c1ccc(Cl)cc1. The maximum absolute atomic E-state index is 11.7. The molecular weight excluding hydrogens is 282 g/mol. The molecule has 20 heavy (non-hydrogen) atoms. The Balaban J connectivity index is 2.35. The summed E-state index contributed by atoms with van der Waals surface area (Å²) in [7, 11) is 0. The van der Waals surface area contributed by atoms with Gasteiger partial charge in [0, 0.05) is 16.5 Å². The lowest BCUT2D eigenvalue weighted by molar-refractivity contribution is -0.130. The van der Waals surface area contributed by atoms with Gasteiger partial charge in [-0.25, -0.2) is 0 Å². The van der Waals surface area contributed by atoms with E-state index in [2.05, 4.69) is 16.2 Å². The van der Waals surface area contributed by atoms with Gasteiger partial charge in [0.1, 0.15) is 0 Å². The number of hydrogen-bond donors (Lipinski definition) is 3. The van der Waals surface area contributed by atoms with Gasteiger partial charge < -0.3 is 5.32 Å². The van der Waals surface area contributed by atoms with Crippen LogP contribution in [0.4, 0.5) is 0 Å². The largest absolute Gasteiger partial charge is 0.343 e. The first-order valence-electron chi connectivity index (χ1n) is 6.02. The van der Waals surface area contributed by atoms with Crippen LogP contribution in [0.3, 0.4) is 0 Å². The van der Waals surface area contributed by atoms with Crippen LogP contribution in [0.5, 0.6) is 0 Å². The van der Waals surface area contributed by atoms with Gasteiger partial charge >= 0.3 is 0 Å². The molecule has 0 aliphatic carbocycles. The van der Waals surface area contributed by atoms with E-state index < -0.39 is 11.8 Å². The van der Waals surface area contributed by atoms with Crippen LogP contribution >= 0.6 is 11.6 Å². The van der Waals surface area contributed by atoms with Crippen LogP contribution in [0.25, 0.3) is 0 Å². The van der Waals surface area contributed by atoms with Crippen molar-refractivity contribution in [3.8, 4) is 0 Å². The minimum Gasteiger partial charge on any atom is -0.343 e. The van der Waals surface area contributed by atoms with Gasteiger partial charge in [0.25, 0.3) is 11.8 Å². The lowest BCUT2D eigenvalue weighted by atomic mass is 10.2. The number of benzene rings is 1. The second kappa shape index (κ2) is 7.49. The first kappa shape index (κ1) is 16.0. The molecule has 0 aromatic heterocycles. The average molecular weight is 298 g/mol. The predicted molar refractivity (Wildman–Crippen MR) is 74.9 cm³/mol. The number of hydrogen-bond acceptors (Lipinski definition) is 3. The smallest absolute Gasteiger partial charge is 0.257 e. The number of nitrogens with one attached hydrogen (secondary N) is 3. The molecule has 3 amide bonds. The Kier molecular flexibility index (Phi) is 5.99. The highest BCUT2D eigenvalue weighted by molar-refractivity contribution is 6.30. The zero-order valence-corrected chi connectivity index (χ0v) is 12.0. The predicted octanol–water partition coefficient (Wildman–Crippen LogP) is 0.873. The molecule has 0 unspecified atom stereocenters. The van der Waals surface area contributed by atoms with Gasteiger partial charge in [-0.2, -0.15) is 0 Å². The molecule has 0 aliphatic rings. The van der Waals surface area contributed by atoms with Crippen LogP contribution in [0, 0.1) is 5.92 Å². The van der Waals surface area contributed by atoms with Crippen molar-refractivity contribution >= 4 is 29.3 Å². The summed E-state index contributed by atoms with van der Waals surface area (Å²) in [6, 6.07) is 6.27. The Morgan fingerprint density at radius 2 is 1.70 bits per heavy atom. The first-order valence-corrected chi connectivity index (χ1v) is 6.40. The second-order valence-corrected chi connectivity index (χ2v) is 4.82. The van der Waals surface area contributed by atoms with Crippen molar-refractivity contribution in [2.75, 3.05) is 6.54 Å². The summed E-state index contributed by atoms with van der Waals surface area (Å²) in [4.78, 5) is 34.3. The Morgan fingerprint density at radius 3 is 2.25 bits per heavy atom. The molecule has 0 aliphatic heterocycles. The molecular formula is C13H16ClN3O3. The van der Waals surface area contributed by atoms with Crippen LogP contribution in [0.2, 0.25) is 5.02 Å². The Bertz CT molecular complexity index is 500. The lowest BCUT2D eigenvalue weighted by Gasteiger charge is -2.09. The van der Waals surface area contributed by atoms with Crippen LogP contribution in [0.1, 0.15) is 24.2 Å². The molecule has 7 heteroatoms. The zero-order chi connectivity index (χ0) is 15.1. The summed E-state index contributed by atoms with van der Waals surface area (Å²) in [5.41, 5.74) is 4.85. The monoisotopic (exact) mass is 297 g/mol. The fourth-order valence-electron chi connectivity index (χ4n) is 1.18. The van der Waals surface area contributed by atoms with Crippen LogP contribution in [-0.4, -0.2) is 24.3 Å². The van der Waals surface area contributed by atoms with Gasteiger partial charge in [-0.3, -0.25) is 25.2 Å². The number of carbonyl (C=O) groups excluding carboxylic acids is 3. The molecule has 1 rings (SSSR count). The molecule has 0 radical (unpaired) electrons. The third-order valence-electron chi connectivity index (χ3n) is 2.37. The summed E-state index contributed by atoms with van der Waals surface area (Å²) in [6.45, 7) is 3.16. The quantitative estimate of drug-likeness (QED) is 0.721. The summed E-state index contributed by atoms with van der Waals surface area (Å²) in [6.07, 6.45) is 0. The molecule has 6 nitrogen and oxygen atoms in total. The Labute approximate surface area is 121 Å². The molecule has 0 spiro atoms. The zero-order valence-electron chi connectivity index (χ0n) is 11.2. The van der Waals surface area contributed by atoms with Crippen molar-refractivity contribution in [1.29, 1.82) is 0 Å². The lowest BCUT2D eigenvalue weighted by Crippen LogP contribution is -2.47. The molecule has 1 aromatic carbocycles. The molecule has 0 fully saturated rings. The van der Waals surface area contributed by atoms with E-state index in [1.54, 1.807) is 38.1 Å². The van der Waals surface area contributed by atoms with E-state index in [4.69, 9.17) is 11.6 Å². The number of rotatable bonds is 4. The molecule has 0 saturated heterocycles. The molecule has 0 bridgehead atoms. The van der Waals surface area contributed by atoms with Crippen molar-refractivity contribution in [2.45, 2.75) is 13.8 Å². The first-order chi connectivity index (χ1) is 9.40. The molecule has 0 saturated carbocycles. The number of carbonyl (C=O) groups is 3. The maximum Gasteiger partial charge on any atom is 0.257 e. The van der Waals surface area contributed by atoms with Crippen molar-refractivity contribution in [2.24, 2.45) is 5.92 Å². The third-order valence-corrected chi connectivity index (χ3v) is 2.62. The maximum atomic E-state index is 11.7. The van der Waals surface area contributed by atoms with Gasteiger partial charge in [0.15, 0.2) is 0 Å². The highest BCUT2D eigenvalue weighted by Crippen LogP contribution is 2.09. The fraction of sp³-hybridized carbons (Fsp3) is 0.308. The number of halogens is 1. The summed E-state index contributed by atoms with van der Waals surface area (Å²) in [5.74, 6) is -1.45. The van der Waals surface area contributed by atoms with Crippen LogP contribution in [-0.2, 0) is 9.59 Å². The van der Waals surface area contributed by atoms with E-state index in [0.29, 0.717) is 10.6 Å². The van der Waals surface area contributed by atoms with E-state index in [0.717, 1.165) is 0 Å². The van der Waals surface area contributed by atoms with Gasteiger partial charge in [0.05, 0.1) is 6.54 Å². The average Bonchev–Trinajstić information content (AvgIpc) is 2.42. The highest BCUT2D eigenvalue weighted by Gasteiger charge is 2.10. The number of amides is 3. The van der Waals surface area contributed by atoms with Crippen molar-refractivity contribution < 1.29 is 14.4 Å². The van der Waals surface area contributed by atoms with Gasteiger partial charge in [-0.05, 0) is 24.3 Å². The van der Waals surface area contributed by atoms with Crippen molar-refractivity contribution in [3.63, 3.8) is 0 Å². The van der Waals surface area contributed by atoms with E-state index in [9.17, 15) is 14.4 Å². The Hall–Kier alpha value is -2.08. The minimum absolute atomic E-state index is 0.236. The second-order valence-electron chi connectivity index (χ2n) is 4.38. The van der Waals surface area contributed by atoms with E-state index in [1.807, 2.05) is 0 Å². The van der Waals surface area contributed by atoms with E-state index >= 15 is 0 Å². The van der Waals surface area contributed by atoms with Crippen molar-refractivity contribution in [3.05, 3.63) is 34.9 Å². The highest BCUT2D eigenvalue weighted by atomic mass is 35.5. The summed E-state index contributed by atoms with van der Waals surface area (Å²) in [5, 5.41) is 2.95. The summed E-state index contributed by atoms with van der Waals surface area (Å²) < 4.78 is 0. The molecule has 0 atom stereocenters. The normalized spacial score (nSPS) is 10.0. The van der Waals surface area contributed by atoms with Gasteiger partial charge in [-0.1, -0.05) is 25.4 Å². The fourth-order valence-corrected chi connectivity index (χ4v) is 1.31. The molecule has 3 N–H and O–H groups in total. The van der Waals surface area contributed by atoms with E-state index in [-0.39, 0.29) is 18.4 Å². The topological polar surface area (TPSA) is 87.3 Å².